The molecule has 0 spiro atoms. The van der Waals surface area contributed by atoms with E-state index in [2.05, 4.69) is 37.7 Å². The highest BCUT2D eigenvalue weighted by Crippen LogP contribution is 2.03. The van der Waals surface area contributed by atoms with Crippen molar-refractivity contribution in [3.63, 3.8) is 0 Å². The van der Waals surface area contributed by atoms with Gasteiger partial charge in [-0.15, -0.1) is 0 Å². The SMILES string of the molecule is C=C(CNC)CN(C)CC(C)CC. The van der Waals surface area contributed by atoms with Gasteiger partial charge in [0.2, 0.25) is 0 Å². The number of rotatable bonds is 7. The number of nitrogens with zero attached hydrogens (tertiary/aromatic N) is 1. The van der Waals surface area contributed by atoms with Gasteiger partial charge >= 0.3 is 0 Å². The van der Waals surface area contributed by atoms with Gasteiger partial charge in [0.1, 0.15) is 0 Å². The van der Waals surface area contributed by atoms with Gasteiger partial charge in [0, 0.05) is 19.6 Å². The van der Waals surface area contributed by atoms with Gasteiger partial charge in [-0.2, -0.15) is 0 Å². The minimum Gasteiger partial charge on any atom is -0.316 e. The van der Waals surface area contributed by atoms with Crippen molar-refractivity contribution in [3.05, 3.63) is 12.2 Å². The normalized spacial score (nSPS) is 13.3. The van der Waals surface area contributed by atoms with Gasteiger partial charge in [-0.25, -0.2) is 0 Å². The first-order chi connectivity index (χ1) is 6.10. The van der Waals surface area contributed by atoms with Gasteiger partial charge < -0.3 is 10.2 Å². The number of likely N-dealkylation sites (N-methyl/N-ethyl adjacent to an activating group) is 2. The van der Waals surface area contributed by atoms with E-state index < -0.39 is 0 Å². The zero-order valence-electron chi connectivity index (χ0n) is 9.56. The standard InChI is InChI=1S/C11H24N2/c1-6-10(2)8-13(5)9-11(3)7-12-4/h10,12H,3,6-9H2,1-2,4-5H3. The van der Waals surface area contributed by atoms with Crippen molar-refractivity contribution in [3.8, 4) is 0 Å². The number of hydrogen-bond acceptors (Lipinski definition) is 2. The number of nitrogens with one attached hydrogen (secondary N) is 1. The van der Waals surface area contributed by atoms with E-state index in [9.17, 15) is 0 Å². The molecule has 0 fully saturated rings. The molecular formula is C11H24N2. The molecule has 0 saturated heterocycles. The molecular weight excluding hydrogens is 160 g/mol. The van der Waals surface area contributed by atoms with Crippen LogP contribution in [0.3, 0.4) is 0 Å². The Labute approximate surface area is 83.0 Å². The van der Waals surface area contributed by atoms with E-state index in [4.69, 9.17) is 0 Å². The van der Waals surface area contributed by atoms with Crippen molar-refractivity contribution in [2.24, 2.45) is 5.92 Å². The van der Waals surface area contributed by atoms with E-state index in [0.717, 1.165) is 19.0 Å². The van der Waals surface area contributed by atoms with Crippen LogP contribution in [0.1, 0.15) is 20.3 Å². The molecule has 1 atom stereocenters. The first-order valence-corrected chi connectivity index (χ1v) is 5.09. The lowest BCUT2D eigenvalue weighted by molar-refractivity contribution is 0.301. The molecule has 0 aromatic carbocycles. The molecule has 0 aliphatic carbocycles. The fraction of sp³-hybridized carbons (Fsp3) is 0.818. The lowest BCUT2D eigenvalue weighted by Crippen LogP contribution is -2.28. The minimum absolute atomic E-state index is 0.785. The van der Waals surface area contributed by atoms with Gasteiger partial charge in [0.25, 0.3) is 0 Å². The van der Waals surface area contributed by atoms with Crippen molar-refractivity contribution in [2.75, 3.05) is 33.7 Å². The largest absolute Gasteiger partial charge is 0.316 e. The second kappa shape index (κ2) is 7.10. The molecule has 2 nitrogen and oxygen atoms in total. The maximum atomic E-state index is 4.01. The van der Waals surface area contributed by atoms with Crippen molar-refractivity contribution in [1.29, 1.82) is 0 Å². The van der Waals surface area contributed by atoms with Crippen LogP contribution in [0.15, 0.2) is 12.2 Å². The van der Waals surface area contributed by atoms with Crippen LogP contribution in [0, 0.1) is 5.92 Å². The summed E-state index contributed by atoms with van der Waals surface area (Å²) in [7, 11) is 4.12. The van der Waals surface area contributed by atoms with Crippen LogP contribution in [0.25, 0.3) is 0 Å². The zero-order valence-corrected chi connectivity index (χ0v) is 9.56. The lowest BCUT2D eigenvalue weighted by atomic mass is 10.1. The summed E-state index contributed by atoms with van der Waals surface area (Å²) in [5, 5.41) is 3.11. The zero-order chi connectivity index (χ0) is 10.3. The third-order valence-electron chi connectivity index (χ3n) is 2.24. The molecule has 1 unspecified atom stereocenters. The molecule has 0 saturated carbocycles. The molecule has 0 rings (SSSR count). The highest BCUT2D eigenvalue weighted by molar-refractivity contribution is 4.98. The highest BCUT2D eigenvalue weighted by Gasteiger charge is 2.04. The van der Waals surface area contributed by atoms with Crippen LogP contribution in [-0.2, 0) is 0 Å². The predicted octanol–water partition coefficient (Wildman–Crippen LogP) is 1.74. The Kier molecular flexibility index (Phi) is 6.92. The third kappa shape index (κ3) is 6.79. The van der Waals surface area contributed by atoms with E-state index >= 15 is 0 Å². The molecule has 13 heavy (non-hydrogen) atoms. The number of hydrogen-bond donors (Lipinski definition) is 1. The van der Waals surface area contributed by atoms with Crippen LogP contribution in [-0.4, -0.2) is 38.6 Å². The molecule has 2 heteroatoms. The van der Waals surface area contributed by atoms with E-state index in [1.54, 1.807) is 0 Å². The van der Waals surface area contributed by atoms with Crippen molar-refractivity contribution in [2.45, 2.75) is 20.3 Å². The van der Waals surface area contributed by atoms with Crippen LogP contribution in [0.5, 0.6) is 0 Å². The van der Waals surface area contributed by atoms with Gasteiger partial charge in [-0.3, -0.25) is 0 Å². The van der Waals surface area contributed by atoms with Gasteiger partial charge in [0.05, 0.1) is 0 Å². The lowest BCUT2D eigenvalue weighted by Gasteiger charge is -2.21. The molecule has 0 heterocycles. The quantitative estimate of drug-likeness (QED) is 0.606. The summed E-state index contributed by atoms with van der Waals surface area (Å²) in [6.45, 7) is 11.6. The highest BCUT2D eigenvalue weighted by atomic mass is 15.1. The van der Waals surface area contributed by atoms with Crippen LogP contribution >= 0.6 is 0 Å². The van der Waals surface area contributed by atoms with E-state index in [0.29, 0.717) is 0 Å². The van der Waals surface area contributed by atoms with E-state index in [1.807, 2.05) is 7.05 Å². The average Bonchev–Trinajstić information content (AvgIpc) is 2.04. The second-order valence-corrected chi connectivity index (χ2v) is 3.99. The summed E-state index contributed by atoms with van der Waals surface area (Å²) in [6.07, 6.45) is 1.25. The molecule has 0 aromatic heterocycles. The smallest absolute Gasteiger partial charge is 0.0199 e. The maximum Gasteiger partial charge on any atom is 0.0199 e. The van der Waals surface area contributed by atoms with Crippen molar-refractivity contribution < 1.29 is 0 Å². The molecule has 0 radical (unpaired) electrons. The summed E-state index contributed by atoms with van der Waals surface area (Å²) in [6, 6.07) is 0. The fourth-order valence-corrected chi connectivity index (χ4v) is 1.41. The van der Waals surface area contributed by atoms with Crippen molar-refractivity contribution in [1.82, 2.24) is 10.2 Å². The third-order valence-corrected chi connectivity index (χ3v) is 2.24. The molecule has 0 bridgehead atoms. The fourth-order valence-electron chi connectivity index (χ4n) is 1.41. The monoisotopic (exact) mass is 184 g/mol. The molecule has 0 aliphatic heterocycles. The maximum absolute atomic E-state index is 4.01. The Balaban J connectivity index is 3.60. The van der Waals surface area contributed by atoms with Crippen LogP contribution in [0.4, 0.5) is 0 Å². The summed E-state index contributed by atoms with van der Waals surface area (Å²) in [4.78, 5) is 2.34. The molecule has 78 valence electrons. The molecule has 0 aliphatic rings. The first kappa shape index (κ1) is 12.7. The first-order valence-electron chi connectivity index (χ1n) is 5.09. The summed E-state index contributed by atoms with van der Waals surface area (Å²) < 4.78 is 0. The molecule has 1 N–H and O–H groups in total. The van der Waals surface area contributed by atoms with E-state index in [-0.39, 0.29) is 0 Å². The van der Waals surface area contributed by atoms with Gasteiger partial charge in [-0.05, 0) is 25.6 Å². The Hall–Kier alpha value is -0.340. The molecule has 0 amide bonds. The Morgan fingerprint density at radius 1 is 1.54 bits per heavy atom. The van der Waals surface area contributed by atoms with E-state index in [1.165, 1.54) is 18.5 Å². The minimum atomic E-state index is 0.785. The van der Waals surface area contributed by atoms with Gasteiger partial charge in [0.15, 0.2) is 0 Å². The molecule has 0 aromatic rings. The van der Waals surface area contributed by atoms with Gasteiger partial charge in [-0.1, -0.05) is 26.8 Å². The Morgan fingerprint density at radius 2 is 2.15 bits per heavy atom. The van der Waals surface area contributed by atoms with Crippen LogP contribution < -0.4 is 5.32 Å². The Bertz CT molecular complexity index is 143. The summed E-state index contributed by atoms with van der Waals surface area (Å²) >= 11 is 0. The second-order valence-electron chi connectivity index (χ2n) is 3.99. The van der Waals surface area contributed by atoms with Crippen molar-refractivity contribution >= 4 is 0 Å². The van der Waals surface area contributed by atoms with Crippen LogP contribution in [0.2, 0.25) is 0 Å². The predicted molar refractivity (Wildman–Crippen MR) is 60.0 cm³/mol. The Morgan fingerprint density at radius 3 is 2.62 bits per heavy atom. The average molecular weight is 184 g/mol. The summed E-state index contributed by atoms with van der Waals surface area (Å²) in [5.41, 5.74) is 1.26. The topological polar surface area (TPSA) is 15.3 Å². The summed E-state index contributed by atoms with van der Waals surface area (Å²) in [5.74, 6) is 0.785.